The van der Waals surface area contributed by atoms with E-state index in [0.717, 1.165) is 18.4 Å². The molecule has 35 heavy (non-hydrogen) atoms. The van der Waals surface area contributed by atoms with Gasteiger partial charge in [0.25, 0.3) is 0 Å². The van der Waals surface area contributed by atoms with E-state index < -0.39 is 20.0 Å². The Hall–Kier alpha value is -2.27. The van der Waals surface area contributed by atoms with Crippen molar-refractivity contribution >= 4 is 31.6 Å². The first-order chi connectivity index (χ1) is 16.8. The van der Waals surface area contributed by atoms with Crippen molar-refractivity contribution in [2.45, 2.75) is 41.8 Å². The monoisotopic (exact) mass is 534 g/mol. The third kappa shape index (κ3) is 6.49. The van der Waals surface area contributed by atoms with Gasteiger partial charge in [-0.25, -0.2) is 21.6 Å². The Labute approximate surface area is 211 Å². The molecule has 186 valence electrons. The lowest BCUT2D eigenvalue weighted by molar-refractivity contribution is 0.114. The minimum absolute atomic E-state index is 0.00133. The average Bonchev–Trinajstić information content (AvgIpc) is 3.38. The van der Waals surface area contributed by atoms with Crippen molar-refractivity contribution in [1.82, 2.24) is 9.03 Å². The molecule has 1 aliphatic heterocycles. The average molecular weight is 535 g/mol. The van der Waals surface area contributed by atoms with E-state index in [1.165, 1.54) is 28.6 Å². The molecular formula is C25H27ClN2O5S2. The summed E-state index contributed by atoms with van der Waals surface area (Å²) in [6.07, 6.45) is 1.58. The van der Waals surface area contributed by atoms with Crippen LogP contribution in [0.5, 0.6) is 0 Å². The van der Waals surface area contributed by atoms with Crippen molar-refractivity contribution in [3.63, 3.8) is 0 Å². The lowest BCUT2D eigenvalue weighted by Gasteiger charge is -2.23. The van der Waals surface area contributed by atoms with Gasteiger partial charge in [-0.2, -0.15) is 4.31 Å². The first-order valence-corrected chi connectivity index (χ1v) is 14.5. The molecule has 0 bridgehead atoms. The zero-order chi connectivity index (χ0) is 24.9. The molecule has 0 spiro atoms. The highest BCUT2D eigenvalue weighted by Crippen LogP contribution is 2.25. The van der Waals surface area contributed by atoms with Crippen LogP contribution in [-0.2, 0) is 37.9 Å². The summed E-state index contributed by atoms with van der Waals surface area (Å²) in [5.74, 6) is 0. The molecule has 0 unspecified atom stereocenters. The summed E-state index contributed by atoms with van der Waals surface area (Å²) < 4.78 is 61.9. The summed E-state index contributed by atoms with van der Waals surface area (Å²) in [5.41, 5.74) is 1.49. The summed E-state index contributed by atoms with van der Waals surface area (Å²) in [4.78, 5) is -0.00581. The molecule has 1 atom stereocenters. The van der Waals surface area contributed by atoms with Crippen molar-refractivity contribution in [3.05, 3.63) is 95.0 Å². The second kappa shape index (κ2) is 11.2. The summed E-state index contributed by atoms with van der Waals surface area (Å²) in [5, 5.41) is 0.472. The third-order valence-corrected chi connectivity index (χ3v) is 9.42. The molecule has 1 heterocycles. The second-order valence-electron chi connectivity index (χ2n) is 8.31. The number of sulfonamides is 2. The molecule has 7 nitrogen and oxygen atoms in total. The first-order valence-electron chi connectivity index (χ1n) is 11.2. The predicted molar refractivity (Wildman–Crippen MR) is 135 cm³/mol. The Kier molecular flexibility index (Phi) is 8.26. The fourth-order valence-electron chi connectivity index (χ4n) is 3.86. The molecule has 1 saturated heterocycles. The highest BCUT2D eigenvalue weighted by Gasteiger charge is 2.27. The van der Waals surface area contributed by atoms with Crippen molar-refractivity contribution in [2.75, 3.05) is 13.2 Å². The molecule has 3 aromatic rings. The van der Waals surface area contributed by atoms with Gasteiger partial charge in [0.15, 0.2) is 0 Å². The van der Waals surface area contributed by atoms with Crippen molar-refractivity contribution in [1.29, 1.82) is 0 Å². The maximum Gasteiger partial charge on any atom is 0.243 e. The quantitative estimate of drug-likeness (QED) is 0.421. The Morgan fingerprint density at radius 2 is 1.51 bits per heavy atom. The number of rotatable bonds is 10. The maximum atomic E-state index is 13.6. The van der Waals surface area contributed by atoms with Crippen LogP contribution in [0.1, 0.15) is 24.0 Å². The van der Waals surface area contributed by atoms with E-state index in [4.69, 9.17) is 16.3 Å². The SMILES string of the molecule is O=S(=O)(NC[C@@H]1CCCO1)c1ccc(S(=O)(=O)N(Cc2ccccc2)Cc2ccccc2Cl)cc1. The van der Waals surface area contributed by atoms with Crippen LogP contribution in [0, 0.1) is 0 Å². The fraction of sp³-hybridized carbons (Fsp3) is 0.280. The van der Waals surface area contributed by atoms with Crippen LogP contribution >= 0.6 is 11.6 Å². The standard InChI is InChI=1S/C25H27ClN2O5S2/c26-25-11-5-4-9-21(25)19-28(18-20-7-2-1-3-8-20)35(31,32)24-14-12-23(13-15-24)34(29,30)27-17-22-10-6-16-33-22/h1-5,7-9,11-15,22,27H,6,10,16-19H2/t22-/m0/s1. The van der Waals surface area contributed by atoms with Crippen LogP contribution in [0.25, 0.3) is 0 Å². The van der Waals surface area contributed by atoms with E-state index in [9.17, 15) is 16.8 Å². The van der Waals surface area contributed by atoms with Crippen molar-refractivity contribution in [3.8, 4) is 0 Å². The number of ether oxygens (including phenoxy) is 1. The van der Waals surface area contributed by atoms with E-state index in [-0.39, 0.29) is 35.5 Å². The van der Waals surface area contributed by atoms with E-state index in [2.05, 4.69) is 4.72 Å². The smallest absolute Gasteiger partial charge is 0.243 e. The van der Waals surface area contributed by atoms with Crippen LogP contribution in [0.4, 0.5) is 0 Å². The molecule has 0 aliphatic carbocycles. The first kappa shape index (κ1) is 25.8. The molecule has 1 aliphatic rings. The van der Waals surface area contributed by atoms with Crippen LogP contribution < -0.4 is 4.72 Å². The number of halogens is 1. The van der Waals surface area contributed by atoms with Crippen LogP contribution in [0.3, 0.4) is 0 Å². The lowest BCUT2D eigenvalue weighted by atomic mass is 10.2. The fourth-order valence-corrected chi connectivity index (χ4v) is 6.53. The Morgan fingerprint density at radius 1 is 0.857 bits per heavy atom. The Morgan fingerprint density at radius 3 is 2.17 bits per heavy atom. The minimum atomic E-state index is -3.96. The van der Waals surface area contributed by atoms with Gasteiger partial charge in [0.05, 0.1) is 15.9 Å². The second-order valence-corrected chi connectivity index (χ2v) is 12.4. The van der Waals surface area contributed by atoms with Gasteiger partial charge in [0, 0.05) is 31.3 Å². The zero-order valence-electron chi connectivity index (χ0n) is 19.0. The van der Waals surface area contributed by atoms with Gasteiger partial charge in [0.1, 0.15) is 0 Å². The molecule has 1 N–H and O–H groups in total. The minimum Gasteiger partial charge on any atom is -0.377 e. The van der Waals surface area contributed by atoms with Gasteiger partial charge >= 0.3 is 0 Å². The van der Waals surface area contributed by atoms with Crippen molar-refractivity contribution in [2.24, 2.45) is 0 Å². The summed E-state index contributed by atoms with van der Waals surface area (Å²) in [6.45, 7) is 1.02. The van der Waals surface area contributed by atoms with E-state index in [0.29, 0.717) is 17.2 Å². The molecule has 0 radical (unpaired) electrons. The van der Waals surface area contributed by atoms with E-state index in [1.807, 2.05) is 30.3 Å². The maximum absolute atomic E-state index is 13.6. The van der Waals surface area contributed by atoms with Gasteiger partial charge < -0.3 is 4.74 Å². The van der Waals surface area contributed by atoms with Gasteiger partial charge in [-0.1, -0.05) is 60.1 Å². The zero-order valence-corrected chi connectivity index (χ0v) is 21.4. The molecule has 10 heteroatoms. The normalized spacial score (nSPS) is 16.6. The highest BCUT2D eigenvalue weighted by molar-refractivity contribution is 7.89. The molecule has 0 saturated carbocycles. The summed E-state index contributed by atoms with van der Waals surface area (Å²) >= 11 is 6.31. The van der Waals surface area contributed by atoms with Gasteiger partial charge in [-0.15, -0.1) is 0 Å². The van der Waals surface area contributed by atoms with Crippen LogP contribution in [-0.4, -0.2) is 40.4 Å². The van der Waals surface area contributed by atoms with E-state index >= 15 is 0 Å². The lowest BCUT2D eigenvalue weighted by Crippen LogP contribution is -2.32. The molecule has 3 aromatic carbocycles. The molecule has 4 rings (SSSR count). The summed E-state index contributed by atoms with van der Waals surface area (Å²) in [6, 6.07) is 21.6. The summed E-state index contributed by atoms with van der Waals surface area (Å²) in [7, 11) is -7.75. The molecule has 0 amide bonds. The van der Waals surface area contributed by atoms with Gasteiger partial charge in [-0.05, 0) is 54.3 Å². The van der Waals surface area contributed by atoms with Crippen LogP contribution in [0.15, 0.2) is 88.7 Å². The molecular weight excluding hydrogens is 508 g/mol. The van der Waals surface area contributed by atoms with Crippen molar-refractivity contribution < 1.29 is 21.6 Å². The Balaban J connectivity index is 1.57. The van der Waals surface area contributed by atoms with Gasteiger partial charge in [0.2, 0.25) is 20.0 Å². The largest absolute Gasteiger partial charge is 0.377 e. The van der Waals surface area contributed by atoms with Gasteiger partial charge in [-0.3, -0.25) is 0 Å². The molecule has 1 fully saturated rings. The third-order valence-electron chi connectivity index (χ3n) is 5.80. The predicted octanol–water partition coefficient (Wildman–Crippen LogP) is 4.19. The highest BCUT2D eigenvalue weighted by atomic mass is 35.5. The number of benzene rings is 3. The number of hydrogen-bond acceptors (Lipinski definition) is 5. The molecule has 0 aromatic heterocycles. The topological polar surface area (TPSA) is 92.8 Å². The van der Waals surface area contributed by atoms with Crippen LogP contribution in [0.2, 0.25) is 5.02 Å². The number of hydrogen-bond donors (Lipinski definition) is 1. The number of nitrogens with zero attached hydrogens (tertiary/aromatic N) is 1. The van der Waals surface area contributed by atoms with E-state index in [1.54, 1.807) is 24.3 Å². The number of nitrogens with one attached hydrogen (secondary N) is 1. The Bertz CT molecular complexity index is 1340.